The molecular formula is C14H21NO2S. The summed E-state index contributed by atoms with van der Waals surface area (Å²) in [5.41, 5.74) is 2.51. The maximum Gasteiger partial charge on any atom is 0.150 e. The van der Waals surface area contributed by atoms with Crippen molar-refractivity contribution >= 4 is 9.84 Å². The quantitative estimate of drug-likeness (QED) is 0.912. The standard InChI is InChI=1S/C14H21NO2S/c1-11-3-5-12(6-4-11)14(15-2)13-7-9-18(16,17)10-8-13/h3-6,13-15H,7-10H2,1-2H3. The molecule has 1 saturated heterocycles. The van der Waals surface area contributed by atoms with E-state index in [1.165, 1.54) is 11.1 Å². The predicted octanol–water partition coefficient (Wildman–Crippen LogP) is 2.08. The first-order valence-corrected chi connectivity index (χ1v) is 8.28. The van der Waals surface area contributed by atoms with E-state index >= 15 is 0 Å². The maximum absolute atomic E-state index is 11.5. The Kier molecular flexibility index (Phi) is 4.07. The van der Waals surface area contributed by atoms with Gasteiger partial charge in [0.25, 0.3) is 0 Å². The second-order valence-electron chi connectivity index (χ2n) is 5.17. The third kappa shape index (κ3) is 3.12. The van der Waals surface area contributed by atoms with Crippen LogP contribution in [0.4, 0.5) is 0 Å². The van der Waals surface area contributed by atoms with Crippen molar-refractivity contribution in [2.75, 3.05) is 18.6 Å². The van der Waals surface area contributed by atoms with Crippen LogP contribution in [0.15, 0.2) is 24.3 Å². The van der Waals surface area contributed by atoms with Crippen LogP contribution in [0.1, 0.15) is 30.0 Å². The molecule has 1 fully saturated rings. The van der Waals surface area contributed by atoms with E-state index in [0.29, 0.717) is 17.4 Å². The van der Waals surface area contributed by atoms with Gasteiger partial charge in [0.1, 0.15) is 9.84 Å². The normalized spacial score (nSPS) is 21.7. The number of nitrogens with one attached hydrogen (secondary N) is 1. The molecule has 18 heavy (non-hydrogen) atoms. The SMILES string of the molecule is CNC(c1ccc(C)cc1)C1CCS(=O)(=O)CC1. The number of hydrogen-bond donors (Lipinski definition) is 1. The highest BCUT2D eigenvalue weighted by Gasteiger charge is 2.29. The molecule has 1 aliphatic rings. The van der Waals surface area contributed by atoms with Crippen LogP contribution in [0.2, 0.25) is 0 Å². The average Bonchev–Trinajstić information content (AvgIpc) is 2.34. The lowest BCUT2D eigenvalue weighted by molar-refractivity contribution is 0.350. The van der Waals surface area contributed by atoms with Gasteiger partial charge in [0.15, 0.2) is 0 Å². The Morgan fingerprint density at radius 2 is 1.72 bits per heavy atom. The van der Waals surface area contributed by atoms with Crippen molar-refractivity contribution in [2.24, 2.45) is 5.92 Å². The van der Waals surface area contributed by atoms with Gasteiger partial charge in [-0.05, 0) is 38.3 Å². The summed E-state index contributed by atoms with van der Waals surface area (Å²) in [4.78, 5) is 0. The number of aryl methyl sites for hydroxylation is 1. The van der Waals surface area contributed by atoms with E-state index in [1.807, 2.05) is 7.05 Å². The summed E-state index contributed by atoms with van der Waals surface area (Å²) in [7, 11) is -0.822. The third-order valence-electron chi connectivity index (χ3n) is 3.82. The Morgan fingerprint density at radius 3 is 2.22 bits per heavy atom. The van der Waals surface area contributed by atoms with Crippen LogP contribution in [0.25, 0.3) is 0 Å². The summed E-state index contributed by atoms with van der Waals surface area (Å²) in [5.74, 6) is 1.09. The Labute approximate surface area is 110 Å². The first kappa shape index (κ1) is 13.6. The summed E-state index contributed by atoms with van der Waals surface area (Å²) in [6.45, 7) is 2.07. The topological polar surface area (TPSA) is 46.2 Å². The zero-order valence-corrected chi connectivity index (χ0v) is 11.8. The number of sulfone groups is 1. The van der Waals surface area contributed by atoms with Gasteiger partial charge in [-0.2, -0.15) is 0 Å². The highest BCUT2D eigenvalue weighted by molar-refractivity contribution is 7.91. The first-order chi connectivity index (χ1) is 8.52. The van der Waals surface area contributed by atoms with Crippen molar-refractivity contribution in [3.8, 4) is 0 Å². The molecule has 0 amide bonds. The van der Waals surface area contributed by atoms with Gasteiger partial charge in [-0.1, -0.05) is 29.8 Å². The lowest BCUT2D eigenvalue weighted by Crippen LogP contribution is -2.32. The van der Waals surface area contributed by atoms with Crippen molar-refractivity contribution in [3.63, 3.8) is 0 Å². The van der Waals surface area contributed by atoms with Gasteiger partial charge in [-0.25, -0.2) is 8.42 Å². The van der Waals surface area contributed by atoms with Crippen molar-refractivity contribution in [1.29, 1.82) is 0 Å². The zero-order valence-electron chi connectivity index (χ0n) is 11.0. The van der Waals surface area contributed by atoms with Gasteiger partial charge in [0.2, 0.25) is 0 Å². The van der Waals surface area contributed by atoms with Crippen molar-refractivity contribution in [1.82, 2.24) is 5.32 Å². The van der Waals surface area contributed by atoms with Gasteiger partial charge < -0.3 is 5.32 Å². The third-order valence-corrected chi connectivity index (χ3v) is 5.53. The van der Waals surface area contributed by atoms with Crippen LogP contribution < -0.4 is 5.32 Å². The first-order valence-electron chi connectivity index (χ1n) is 6.46. The lowest BCUT2D eigenvalue weighted by atomic mass is 9.88. The second-order valence-corrected chi connectivity index (χ2v) is 7.47. The molecule has 1 heterocycles. The van der Waals surface area contributed by atoms with E-state index in [9.17, 15) is 8.42 Å². The van der Waals surface area contributed by atoms with Crippen LogP contribution in [0, 0.1) is 12.8 Å². The zero-order chi connectivity index (χ0) is 13.2. The summed E-state index contributed by atoms with van der Waals surface area (Å²) < 4.78 is 22.9. The van der Waals surface area contributed by atoms with Gasteiger partial charge >= 0.3 is 0 Å². The molecule has 0 bridgehead atoms. The summed E-state index contributed by atoms with van der Waals surface area (Å²) in [6.07, 6.45) is 1.53. The Hall–Kier alpha value is -0.870. The molecule has 1 aromatic carbocycles. The van der Waals surface area contributed by atoms with Crippen molar-refractivity contribution < 1.29 is 8.42 Å². The molecule has 1 N–H and O–H groups in total. The number of hydrogen-bond acceptors (Lipinski definition) is 3. The van der Waals surface area contributed by atoms with Crippen LogP contribution in [-0.4, -0.2) is 27.0 Å². The fraction of sp³-hybridized carbons (Fsp3) is 0.571. The summed E-state index contributed by atoms with van der Waals surface area (Å²) in [5, 5.41) is 3.34. The molecule has 4 heteroatoms. The maximum atomic E-state index is 11.5. The summed E-state index contributed by atoms with van der Waals surface area (Å²) >= 11 is 0. The van der Waals surface area contributed by atoms with Gasteiger partial charge in [0.05, 0.1) is 11.5 Å². The van der Waals surface area contributed by atoms with E-state index in [2.05, 4.69) is 36.5 Å². The van der Waals surface area contributed by atoms with E-state index in [4.69, 9.17) is 0 Å². The van der Waals surface area contributed by atoms with E-state index in [-0.39, 0.29) is 6.04 Å². The van der Waals surface area contributed by atoms with E-state index in [1.54, 1.807) is 0 Å². The molecule has 0 aliphatic carbocycles. The van der Waals surface area contributed by atoms with E-state index in [0.717, 1.165) is 12.8 Å². The molecule has 1 aromatic rings. The highest BCUT2D eigenvalue weighted by Crippen LogP contribution is 2.31. The van der Waals surface area contributed by atoms with Crippen LogP contribution in [-0.2, 0) is 9.84 Å². The smallest absolute Gasteiger partial charge is 0.150 e. The van der Waals surface area contributed by atoms with Gasteiger partial charge in [-0.3, -0.25) is 0 Å². The fourth-order valence-electron chi connectivity index (χ4n) is 2.69. The molecule has 0 radical (unpaired) electrons. The molecule has 0 spiro atoms. The molecule has 1 unspecified atom stereocenters. The average molecular weight is 267 g/mol. The molecule has 3 nitrogen and oxygen atoms in total. The molecule has 1 atom stereocenters. The molecule has 100 valence electrons. The van der Waals surface area contributed by atoms with Crippen LogP contribution in [0.5, 0.6) is 0 Å². The Morgan fingerprint density at radius 1 is 1.17 bits per heavy atom. The van der Waals surface area contributed by atoms with Gasteiger partial charge in [0, 0.05) is 6.04 Å². The van der Waals surface area contributed by atoms with Crippen LogP contribution in [0.3, 0.4) is 0 Å². The number of rotatable bonds is 3. The molecular weight excluding hydrogens is 246 g/mol. The monoisotopic (exact) mass is 267 g/mol. The van der Waals surface area contributed by atoms with E-state index < -0.39 is 9.84 Å². The minimum absolute atomic E-state index is 0.265. The highest BCUT2D eigenvalue weighted by atomic mass is 32.2. The lowest BCUT2D eigenvalue weighted by Gasteiger charge is -2.30. The minimum Gasteiger partial charge on any atom is -0.313 e. The molecule has 0 saturated carbocycles. The minimum atomic E-state index is -2.77. The van der Waals surface area contributed by atoms with Crippen molar-refractivity contribution in [2.45, 2.75) is 25.8 Å². The number of benzene rings is 1. The summed E-state index contributed by atoms with van der Waals surface area (Å²) in [6, 6.07) is 8.76. The second kappa shape index (κ2) is 5.41. The fourth-order valence-corrected chi connectivity index (χ4v) is 4.22. The molecule has 1 aliphatic heterocycles. The Bertz CT molecular complexity index is 479. The predicted molar refractivity (Wildman–Crippen MR) is 74.4 cm³/mol. The van der Waals surface area contributed by atoms with Crippen molar-refractivity contribution in [3.05, 3.63) is 35.4 Å². The molecule has 0 aromatic heterocycles. The Balaban J connectivity index is 2.12. The van der Waals surface area contributed by atoms with Gasteiger partial charge in [-0.15, -0.1) is 0 Å². The van der Waals surface area contributed by atoms with Crippen LogP contribution >= 0.6 is 0 Å². The largest absolute Gasteiger partial charge is 0.313 e. The molecule has 2 rings (SSSR count).